The van der Waals surface area contributed by atoms with Crippen LogP contribution in [-0.2, 0) is 0 Å². The van der Waals surface area contributed by atoms with Crippen molar-refractivity contribution in [1.82, 2.24) is 9.47 Å². The second kappa shape index (κ2) is 5.08. The summed E-state index contributed by atoms with van der Waals surface area (Å²) in [4.78, 5) is 14.8. The molecule has 116 valence electrons. The molecule has 0 bridgehead atoms. The average Bonchev–Trinajstić information content (AvgIpc) is 3.20. The fraction of sp³-hybridized carbons (Fsp3) is 0.706. The molecule has 4 heteroatoms. The minimum absolute atomic E-state index is 0.158. The molecule has 3 rings (SSSR count). The molecule has 1 aliphatic carbocycles. The number of carbonyl (C=O) groups is 1. The molecule has 0 aromatic carbocycles. The van der Waals surface area contributed by atoms with E-state index in [-0.39, 0.29) is 5.91 Å². The highest BCUT2D eigenvalue weighted by atomic mass is 16.2. The monoisotopic (exact) mass is 289 g/mol. The van der Waals surface area contributed by atoms with E-state index in [1.807, 2.05) is 17.2 Å². The van der Waals surface area contributed by atoms with Gasteiger partial charge in [-0.05, 0) is 43.1 Å². The normalized spacial score (nSPS) is 20.8. The summed E-state index contributed by atoms with van der Waals surface area (Å²) in [5.74, 6) is 0.868. The zero-order valence-electron chi connectivity index (χ0n) is 13.4. The molecule has 2 heterocycles. The van der Waals surface area contributed by atoms with E-state index in [2.05, 4.69) is 25.3 Å². The predicted molar refractivity (Wildman–Crippen MR) is 85.2 cm³/mol. The Hall–Kier alpha value is -1.45. The highest BCUT2D eigenvalue weighted by Gasteiger charge is 2.33. The number of nitrogen functional groups attached to an aromatic ring is 1. The van der Waals surface area contributed by atoms with Crippen LogP contribution in [0.3, 0.4) is 0 Å². The average molecular weight is 289 g/mol. The van der Waals surface area contributed by atoms with Gasteiger partial charge in [-0.25, -0.2) is 0 Å². The van der Waals surface area contributed by atoms with Crippen LogP contribution in [0.2, 0.25) is 0 Å². The lowest BCUT2D eigenvalue weighted by atomic mass is 9.75. The van der Waals surface area contributed by atoms with Gasteiger partial charge in [-0.15, -0.1) is 0 Å². The standard InChI is InChI=1S/C17H27N3O/c1-17(2,3)12-6-8-19(9-7-12)16(21)15-10-13(18)11-20(15)14-4-5-14/h10-12,14H,4-9,18H2,1-3H3. The van der Waals surface area contributed by atoms with Gasteiger partial charge in [0.2, 0.25) is 0 Å². The summed E-state index contributed by atoms with van der Waals surface area (Å²) in [6, 6.07) is 2.34. The Morgan fingerprint density at radius 1 is 1.19 bits per heavy atom. The molecule has 1 saturated heterocycles. The molecular formula is C17H27N3O. The first-order valence-corrected chi connectivity index (χ1v) is 8.13. The molecule has 1 aromatic heterocycles. The van der Waals surface area contributed by atoms with Crippen molar-refractivity contribution < 1.29 is 4.79 Å². The Balaban J connectivity index is 1.70. The molecule has 0 atom stereocenters. The fourth-order valence-electron chi connectivity index (χ4n) is 3.44. The van der Waals surface area contributed by atoms with Crippen LogP contribution in [0.15, 0.2) is 12.3 Å². The lowest BCUT2D eigenvalue weighted by Gasteiger charge is -2.38. The second-order valence-electron chi connectivity index (χ2n) is 7.73. The highest BCUT2D eigenvalue weighted by molar-refractivity contribution is 5.94. The molecule has 21 heavy (non-hydrogen) atoms. The van der Waals surface area contributed by atoms with Gasteiger partial charge in [0.05, 0.1) is 5.69 Å². The highest BCUT2D eigenvalue weighted by Crippen LogP contribution is 2.38. The van der Waals surface area contributed by atoms with E-state index in [9.17, 15) is 4.79 Å². The lowest BCUT2D eigenvalue weighted by molar-refractivity contribution is 0.0598. The number of likely N-dealkylation sites (tertiary alicyclic amines) is 1. The molecule has 0 radical (unpaired) electrons. The number of nitrogens with zero attached hydrogens (tertiary/aromatic N) is 2. The Morgan fingerprint density at radius 3 is 2.33 bits per heavy atom. The van der Waals surface area contributed by atoms with Gasteiger partial charge < -0.3 is 15.2 Å². The topological polar surface area (TPSA) is 51.3 Å². The molecule has 1 amide bonds. The van der Waals surface area contributed by atoms with Crippen molar-refractivity contribution >= 4 is 11.6 Å². The third-order valence-electron chi connectivity index (χ3n) is 5.04. The van der Waals surface area contributed by atoms with Gasteiger partial charge in [0, 0.05) is 25.3 Å². The third-order valence-corrected chi connectivity index (χ3v) is 5.04. The van der Waals surface area contributed by atoms with Crippen LogP contribution >= 0.6 is 0 Å². The van der Waals surface area contributed by atoms with Crippen molar-refractivity contribution in [3.05, 3.63) is 18.0 Å². The molecule has 2 aliphatic rings. The number of aromatic nitrogens is 1. The van der Waals surface area contributed by atoms with Crippen molar-refractivity contribution in [3.63, 3.8) is 0 Å². The number of anilines is 1. The number of carbonyl (C=O) groups excluding carboxylic acids is 1. The minimum Gasteiger partial charge on any atom is -0.397 e. The molecular weight excluding hydrogens is 262 g/mol. The maximum atomic E-state index is 12.8. The second-order valence-corrected chi connectivity index (χ2v) is 7.73. The summed E-state index contributed by atoms with van der Waals surface area (Å²) in [7, 11) is 0. The molecule has 2 fully saturated rings. The molecule has 0 unspecified atom stereocenters. The largest absolute Gasteiger partial charge is 0.397 e. The first-order valence-electron chi connectivity index (χ1n) is 8.13. The zero-order valence-corrected chi connectivity index (χ0v) is 13.4. The summed E-state index contributed by atoms with van der Waals surface area (Å²) < 4.78 is 2.09. The molecule has 1 aromatic rings. The van der Waals surface area contributed by atoms with E-state index < -0.39 is 0 Å². The van der Waals surface area contributed by atoms with E-state index in [4.69, 9.17) is 5.73 Å². The van der Waals surface area contributed by atoms with Crippen molar-refractivity contribution in [2.45, 2.75) is 52.5 Å². The van der Waals surface area contributed by atoms with Gasteiger partial charge in [-0.1, -0.05) is 20.8 Å². The van der Waals surface area contributed by atoms with E-state index in [0.29, 0.717) is 23.1 Å². The summed E-state index contributed by atoms with van der Waals surface area (Å²) >= 11 is 0. The van der Waals surface area contributed by atoms with E-state index >= 15 is 0 Å². The van der Waals surface area contributed by atoms with E-state index in [1.54, 1.807) is 0 Å². The number of hydrogen-bond acceptors (Lipinski definition) is 2. The quantitative estimate of drug-likeness (QED) is 0.908. The predicted octanol–water partition coefficient (Wildman–Crippen LogP) is 3.30. The summed E-state index contributed by atoms with van der Waals surface area (Å²) in [6.07, 6.45) is 6.47. The van der Waals surface area contributed by atoms with Crippen molar-refractivity contribution in [1.29, 1.82) is 0 Å². The van der Waals surface area contributed by atoms with Crippen molar-refractivity contribution in [2.24, 2.45) is 11.3 Å². The summed E-state index contributed by atoms with van der Waals surface area (Å²) in [5, 5.41) is 0. The van der Waals surface area contributed by atoms with Gasteiger partial charge in [0.15, 0.2) is 0 Å². The van der Waals surface area contributed by atoms with Crippen LogP contribution < -0.4 is 5.73 Å². The Morgan fingerprint density at radius 2 is 1.81 bits per heavy atom. The molecule has 1 aliphatic heterocycles. The first kappa shape index (κ1) is 14.5. The fourth-order valence-corrected chi connectivity index (χ4v) is 3.44. The lowest BCUT2D eigenvalue weighted by Crippen LogP contribution is -2.42. The first-order chi connectivity index (χ1) is 9.86. The van der Waals surface area contributed by atoms with Crippen LogP contribution in [-0.4, -0.2) is 28.5 Å². The Bertz CT molecular complexity index is 529. The van der Waals surface area contributed by atoms with E-state index in [1.165, 1.54) is 12.8 Å². The van der Waals surface area contributed by atoms with Crippen LogP contribution in [0.25, 0.3) is 0 Å². The Labute approximate surface area is 127 Å². The van der Waals surface area contributed by atoms with Crippen LogP contribution in [0.4, 0.5) is 5.69 Å². The molecule has 4 nitrogen and oxygen atoms in total. The zero-order chi connectivity index (χ0) is 15.2. The van der Waals surface area contributed by atoms with Crippen LogP contribution in [0.1, 0.15) is 63.0 Å². The maximum Gasteiger partial charge on any atom is 0.270 e. The number of amides is 1. The summed E-state index contributed by atoms with van der Waals surface area (Å²) in [6.45, 7) is 8.64. The summed E-state index contributed by atoms with van der Waals surface area (Å²) in [5.41, 5.74) is 7.73. The maximum absolute atomic E-state index is 12.8. The van der Waals surface area contributed by atoms with Gasteiger partial charge >= 0.3 is 0 Å². The van der Waals surface area contributed by atoms with E-state index in [0.717, 1.165) is 31.6 Å². The van der Waals surface area contributed by atoms with Crippen molar-refractivity contribution in [3.8, 4) is 0 Å². The van der Waals surface area contributed by atoms with Gasteiger partial charge in [0.25, 0.3) is 5.91 Å². The smallest absolute Gasteiger partial charge is 0.270 e. The Kier molecular flexibility index (Phi) is 3.50. The van der Waals surface area contributed by atoms with Gasteiger partial charge in [-0.2, -0.15) is 0 Å². The molecule has 0 spiro atoms. The SMILES string of the molecule is CC(C)(C)C1CCN(C(=O)c2cc(N)cn2C2CC2)CC1. The van der Waals surface area contributed by atoms with Gasteiger partial charge in [0.1, 0.15) is 5.69 Å². The van der Waals surface area contributed by atoms with Gasteiger partial charge in [-0.3, -0.25) is 4.79 Å². The van der Waals surface area contributed by atoms with Crippen LogP contribution in [0.5, 0.6) is 0 Å². The minimum atomic E-state index is 0.158. The van der Waals surface area contributed by atoms with Crippen LogP contribution in [0, 0.1) is 11.3 Å². The number of rotatable bonds is 2. The number of nitrogens with two attached hydrogens (primary N) is 1. The van der Waals surface area contributed by atoms with Crippen molar-refractivity contribution in [2.75, 3.05) is 18.8 Å². The molecule has 2 N–H and O–H groups in total. The number of piperidine rings is 1. The third kappa shape index (κ3) is 2.94. The molecule has 1 saturated carbocycles. The number of hydrogen-bond donors (Lipinski definition) is 1.